The lowest BCUT2D eigenvalue weighted by Gasteiger charge is -2.29. The fourth-order valence-electron chi connectivity index (χ4n) is 3.06. The van der Waals surface area contributed by atoms with E-state index in [0.717, 1.165) is 51.3 Å². The Labute approximate surface area is 182 Å². The monoisotopic (exact) mass is 504 g/mol. The van der Waals surface area contributed by atoms with Crippen molar-refractivity contribution in [3.05, 3.63) is 69.7 Å². The number of nitrogens with two attached hydrogens (primary N) is 1. The van der Waals surface area contributed by atoms with Crippen molar-refractivity contribution in [3.63, 3.8) is 0 Å². The highest BCUT2D eigenvalue weighted by Gasteiger charge is 2.12. The van der Waals surface area contributed by atoms with Crippen LogP contribution in [0.2, 0.25) is 0 Å². The van der Waals surface area contributed by atoms with Gasteiger partial charge in [-0.15, -0.1) is 0 Å². The van der Waals surface area contributed by atoms with Gasteiger partial charge < -0.3 is 15.4 Å². The summed E-state index contributed by atoms with van der Waals surface area (Å²) in [4.78, 5) is 12.8. The van der Waals surface area contributed by atoms with Crippen LogP contribution in [0.1, 0.15) is 11.4 Å². The van der Waals surface area contributed by atoms with Crippen molar-refractivity contribution >= 4 is 45.7 Å². The summed E-state index contributed by atoms with van der Waals surface area (Å²) in [7, 11) is 0. The van der Waals surface area contributed by atoms with E-state index in [-0.39, 0.29) is 0 Å². The molecule has 28 heavy (non-hydrogen) atoms. The third-order valence-corrected chi connectivity index (χ3v) is 6.67. The second kappa shape index (κ2) is 9.11. The molecule has 1 fully saturated rings. The summed E-state index contributed by atoms with van der Waals surface area (Å²) in [6, 6.07) is 16.5. The number of hydrogen-bond acceptors (Lipinski definition) is 6. The van der Waals surface area contributed by atoms with Crippen LogP contribution in [0.4, 0.5) is 11.4 Å². The molecule has 4 rings (SSSR count). The van der Waals surface area contributed by atoms with Crippen LogP contribution in [-0.4, -0.2) is 36.3 Å². The van der Waals surface area contributed by atoms with E-state index in [1.165, 1.54) is 11.3 Å². The Bertz CT molecular complexity index is 945. The minimum atomic E-state index is 0.713. The molecule has 2 aromatic carbocycles. The number of halogens is 1. The van der Waals surface area contributed by atoms with Crippen LogP contribution in [0.5, 0.6) is 0 Å². The predicted molar refractivity (Wildman–Crippen MR) is 122 cm³/mol. The number of benzene rings is 2. The standard InChI is InChI=1S/C21H21IN4OS/c22-19-14-24-20(25-21(19)28-18-6-4-16(23)5-7-18)13-15-2-1-3-17(12-15)26-8-10-27-11-9-26/h1-7,12,14H,8-11,13,23H2. The number of rotatable bonds is 5. The highest BCUT2D eigenvalue weighted by molar-refractivity contribution is 14.1. The summed E-state index contributed by atoms with van der Waals surface area (Å²) in [6.07, 6.45) is 2.61. The molecular formula is C21H21IN4OS. The number of nitrogen functional groups attached to an aromatic ring is 1. The summed E-state index contributed by atoms with van der Waals surface area (Å²) >= 11 is 3.92. The zero-order chi connectivity index (χ0) is 19.3. The number of nitrogens with zero attached hydrogens (tertiary/aromatic N) is 3. The van der Waals surface area contributed by atoms with E-state index in [1.807, 2.05) is 30.5 Å². The zero-order valence-corrected chi connectivity index (χ0v) is 18.3. The van der Waals surface area contributed by atoms with Crippen molar-refractivity contribution < 1.29 is 4.74 Å². The van der Waals surface area contributed by atoms with E-state index < -0.39 is 0 Å². The van der Waals surface area contributed by atoms with Crippen LogP contribution in [0.25, 0.3) is 0 Å². The van der Waals surface area contributed by atoms with Crippen LogP contribution in [0.15, 0.2) is 64.6 Å². The largest absolute Gasteiger partial charge is 0.399 e. The van der Waals surface area contributed by atoms with E-state index in [9.17, 15) is 0 Å². The van der Waals surface area contributed by atoms with Crippen molar-refractivity contribution in [2.75, 3.05) is 36.9 Å². The van der Waals surface area contributed by atoms with Gasteiger partial charge in [0.15, 0.2) is 0 Å². The first-order valence-corrected chi connectivity index (χ1v) is 11.0. The Morgan fingerprint density at radius 2 is 1.89 bits per heavy atom. The van der Waals surface area contributed by atoms with Crippen LogP contribution in [0.3, 0.4) is 0 Å². The SMILES string of the molecule is Nc1ccc(Sc2nc(Cc3cccc(N4CCOCC4)c3)ncc2I)cc1. The highest BCUT2D eigenvalue weighted by Crippen LogP contribution is 2.30. The summed E-state index contributed by atoms with van der Waals surface area (Å²) in [5.41, 5.74) is 9.00. The summed E-state index contributed by atoms with van der Waals surface area (Å²) in [5.74, 6) is 0.831. The first-order valence-electron chi connectivity index (χ1n) is 9.14. The summed E-state index contributed by atoms with van der Waals surface area (Å²) < 4.78 is 6.50. The van der Waals surface area contributed by atoms with Gasteiger partial charge in [-0.2, -0.15) is 0 Å². The van der Waals surface area contributed by atoms with Crippen LogP contribution in [-0.2, 0) is 11.2 Å². The molecule has 0 amide bonds. The molecule has 0 atom stereocenters. The van der Waals surface area contributed by atoms with Gasteiger partial charge in [0.25, 0.3) is 0 Å². The van der Waals surface area contributed by atoms with Gasteiger partial charge in [-0.1, -0.05) is 23.9 Å². The molecule has 0 unspecified atom stereocenters. The van der Waals surface area contributed by atoms with Gasteiger partial charge in [-0.25, -0.2) is 9.97 Å². The van der Waals surface area contributed by atoms with Gasteiger partial charge in [-0.05, 0) is 64.6 Å². The molecule has 0 bridgehead atoms. The van der Waals surface area contributed by atoms with Crippen molar-refractivity contribution in [1.29, 1.82) is 0 Å². The summed E-state index contributed by atoms with van der Waals surface area (Å²) in [5, 5.41) is 0.972. The first kappa shape index (κ1) is 19.5. The van der Waals surface area contributed by atoms with E-state index in [1.54, 1.807) is 11.8 Å². The lowest BCUT2D eigenvalue weighted by molar-refractivity contribution is 0.122. The number of aromatic nitrogens is 2. The van der Waals surface area contributed by atoms with Gasteiger partial charge in [0.05, 0.1) is 16.8 Å². The van der Waals surface area contributed by atoms with E-state index in [0.29, 0.717) is 6.42 Å². The Kier molecular flexibility index (Phi) is 6.33. The van der Waals surface area contributed by atoms with E-state index >= 15 is 0 Å². The van der Waals surface area contributed by atoms with Gasteiger partial charge in [0, 0.05) is 42.0 Å². The van der Waals surface area contributed by atoms with Crippen molar-refractivity contribution in [2.24, 2.45) is 0 Å². The number of morpholine rings is 1. The van der Waals surface area contributed by atoms with E-state index in [4.69, 9.17) is 15.5 Å². The third kappa shape index (κ3) is 4.95. The third-order valence-electron chi connectivity index (χ3n) is 4.51. The van der Waals surface area contributed by atoms with Crippen molar-refractivity contribution in [3.8, 4) is 0 Å². The Hall–Kier alpha value is -1.84. The molecule has 0 aliphatic carbocycles. The van der Waals surface area contributed by atoms with Crippen LogP contribution < -0.4 is 10.6 Å². The molecule has 0 radical (unpaired) electrons. The number of anilines is 2. The molecule has 3 aromatic rings. The molecule has 7 heteroatoms. The van der Waals surface area contributed by atoms with Gasteiger partial charge in [0.2, 0.25) is 0 Å². The fourth-order valence-corrected chi connectivity index (χ4v) is 4.44. The smallest absolute Gasteiger partial charge is 0.134 e. The van der Waals surface area contributed by atoms with Crippen molar-refractivity contribution in [2.45, 2.75) is 16.3 Å². The molecule has 0 saturated carbocycles. The van der Waals surface area contributed by atoms with Gasteiger partial charge in [-0.3, -0.25) is 0 Å². The van der Waals surface area contributed by atoms with E-state index in [2.05, 4.69) is 56.7 Å². The quantitative estimate of drug-likeness (QED) is 0.319. The van der Waals surface area contributed by atoms with Gasteiger partial charge >= 0.3 is 0 Å². The molecule has 1 saturated heterocycles. The molecule has 5 nitrogen and oxygen atoms in total. The Balaban J connectivity index is 1.51. The number of ether oxygens (including phenoxy) is 1. The lowest BCUT2D eigenvalue weighted by Crippen LogP contribution is -2.36. The number of hydrogen-bond donors (Lipinski definition) is 1. The average Bonchev–Trinajstić information content (AvgIpc) is 2.73. The molecule has 144 valence electrons. The molecule has 1 aromatic heterocycles. The predicted octanol–water partition coefficient (Wildman–Crippen LogP) is 4.24. The molecule has 2 N–H and O–H groups in total. The second-order valence-corrected chi connectivity index (χ2v) is 8.78. The van der Waals surface area contributed by atoms with Crippen LogP contribution >= 0.6 is 34.4 Å². The fraction of sp³-hybridized carbons (Fsp3) is 0.238. The maximum Gasteiger partial charge on any atom is 0.134 e. The average molecular weight is 504 g/mol. The molecular weight excluding hydrogens is 483 g/mol. The molecule has 1 aliphatic rings. The maximum atomic E-state index is 5.78. The first-order chi connectivity index (χ1) is 13.7. The minimum absolute atomic E-state index is 0.713. The molecule has 0 spiro atoms. The summed E-state index contributed by atoms with van der Waals surface area (Å²) in [6.45, 7) is 3.45. The molecule has 1 aliphatic heterocycles. The Morgan fingerprint density at radius 3 is 2.68 bits per heavy atom. The van der Waals surface area contributed by atoms with Gasteiger partial charge in [0.1, 0.15) is 10.9 Å². The Morgan fingerprint density at radius 1 is 1.11 bits per heavy atom. The maximum absolute atomic E-state index is 5.78. The minimum Gasteiger partial charge on any atom is -0.399 e. The topological polar surface area (TPSA) is 64.3 Å². The second-order valence-electron chi connectivity index (χ2n) is 6.56. The highest BCUT2D eigenvalue weighted by atomic mass is 127. The molecule has 2 heterocycles. The normalized spacial score (nSPS) is 14.2. The van der Waals surface area contributed by atoms with Crippen LogP contribution in [0, 0.1) is 3.57 Å². The lowest BCUT2D eigenvalue weighted by atomic mass is 10.1. The van der Waals surface area contributed by atoms with Crippen molar-refractivity contribution in [1.82, 2.24) is 9.97 Å². The zero-order valence-electron chi connectivity index (χ0n) is 15.3.